The third kappa shape index (κ3) is 5.08. The highest BCUT2D eigenvalue weighted by molar-refractivity contribution is 6.32. The predicted molar refractivity (Wildman–Crippen MR) is 106 cm³/mol. The van der Waals surface area contributed by atoms with E-state index in [-0.39, 0.29) is 18.4 Å². The number of hydrogen-bond donors (Lipinski definition) is 3. The smallest absolute Gasteiger partial charge is 0.191 e. The third-order valence-corrected chi connectivity index (χ3v) is 4.80. The number of nitrogens with zero attached hydrogens (tertiary/aromatic N) is 3. The molecule has 1 aromatic carbocycles. The number of halogens is 2. The van der Waals surface area contributed by atoms with Crippen molar-refractivity contribution < 1.29 is 9.50 Å². The van der Waals surface area contributed by atoms with E-state index in [1.807, 2.05) is 12.1 Å². The second kappa shape index (κ2) is 9.01. The SMILES string of the molecule is CN=C(NCC(O)c1ccc(F)cc1)NC1CCN(c2ncccc2Cl)C1. The lowest BCUT2D eigenvalue weighted by molar-refractivity contribution is 0.180. The number of benzene rings is 1. The molecule has 2 unspecified atom stereocenters. The summed E-state index contributed by atoms with van der Waals surface area (Å²) in [5.74, 6) is 1.07. The molecule has 3 rings (SSSR count). The van der Waals surface area contributed by atoms with E-state index in [0.717, 1.165) is 25.3 Å². The molecule has 1 aromatic heterocycles. The molecule has 1 aliphatic rings. The van der Waals surface area contributed by atoms with Crippen molar-refractivity contribution in [3.05, 3.63) is 59.0 Å². The molecule has 0 aliphatic carbocycles. The summed E-state index contributed by atoms with van der Waals surface area (Å²) in [7, 11) is 1.68. The van der Waals surface area contributed by atoms with Crippen molar-refractivity contribution in [3.8, 4) is 0 Å². The van der Waals surface area contributed by atoms with Gasteiger partial charge in [0.05, 0.1) is 11.1 Å². The Bertz CT molecular complexity index is 786. The summed E-state index contributed by atoms with van der Waals surface area (Å²) in [6.45, 7) is 1.88. The zero-order valence-corrected chi connectivity index (χ0v) is 15.8. The molecule has 8 heteroatoms. The first-order chi connectivity index (χ1) is 13.1. The molecular formula is C19H23ClFN5O. The Morgan fingerprint density at radius 1 is 1.41 bits per heavy atom. The van der Waals surface area contributed by atoms with Gasteiger partial charge in [0, 0.05) is 38.9 Å². The van der Waals surface area contributed by atoms with Crippen LogP contribution in [-0.2, 0) is 0 Å². The lowest BCUT2D eigenvalue weighted by Gasteiger charge is -2.21. The number of guanidine groups is 1. The lowest BCUT2D eigenvalue weighted by Crippen LogP contribution is -2.45. The molecule has 2 aromatic rings. The first kappa shape index (κ1) is 19.4. The van der Waals surface area contributed by atoms with Gasteiger partial charge in [-0.15, -0.1) is 0 Å². The van der Waals surface area contributed by atoms with E-state index in [1.165, 1.54) is 12.1 Å². The summed E-state index contributed by atoms with van der Waals surface area (Å²) in [4.78, 5) is 10.7. The van der Waals surface area contributed by atoms with Crippen molar-refractivity contribution >= 4 is 23.4 Å². The van der Waals surface area contributed by atoms with Crippen LogP contribution in [0.5, 0.6) is 0 Å². The van der Waals surface area contributed by atoms with Crippen LogP contribution in [0.2, 0.25) is 5.02 Å². The second-order valence-electron chi connectivity index (χ2n) is 6.41. The van der Waals surface area contributed by atoms with Crippen molar-refractivity contribution in [1.82, 2.24) is 15.6 Å². The number of rotatable bonds is 5. The summed E-state index contributed by atoms with van der Waals surface area (Å²) < 4.78 is 13.0. The largest absolute Gasteiger partial charge is 0.387 e. The lowest BCUT2D eigenvalue weighted by atomic mass is 10.1. The summed E-state index contributed by atoms with van der Waals surface area (Å²) in [6.07, 6.45) is 1.91. The molecule has 2 heterocycles. The molecule has 0 bridgehead atoms. The minimum absolute atomic E-state index is 0.192. The molecule has 0 saturated carbocycles. The Kier molecular flexibility index (Phi) is 6.47. The van der Waals surface area contributed by atoms with E-state index in [0.29, 0.717) is 16.5 Å². The molecule has 2 atom stereocenters. The van der Waals surface area contributed by atoms with Gasteiger partial charge in [0.1, 0.15) is 11.6 Å². The van der Waals surface area contributed by atoms with Crippen LogP contribution in [0.3, 0.4) is 0 Å². The van der Waals surface area contributed by atoms with Gasteiger partial charge >= 0.3 is 0 Å². The van der Waals surface area contributed by atoms with Crippen LogP contribution < -0.4 is 15.5 Å². The van der Waals surface area contributed by atoms with Crippen LogP contribution in [0.1, 0.15) is 18.1 Å². The van der Waals surface area contributed by atoms with Crippen molar-refractivity contribution in [2.45, 2.75) is 18.6 Å². The second-order valence-corrected chi connectivity index (χ2v) is 6.81. The molecule has 1 aliphatic heterocycles. The highest BCUT2D eigenvalue weighted by Gasteiger charge is 2.25. The monoisotopic (exact) mass is 391 g/mol. The van der Waals surface area contributed by atoms with Gasteiger partial charge in [0.25, 0.3) is 0 Å². The molecule has 6 nitrogen and oxygen atoms in total. The molecule has 1 saturated heterocycles. The number of nitrogens with one attached hydrogen (secondary N) is 2. The van der Waals surface area contributed by atoms with Crippen molar-refractivity contribution in [3.63, 3.8) is 0 Å². The van der Waals surface area contributed by atoms with E-state index in [1.54, 1.807) is 25.4 Å². The van der Waals surface area contributed by atoms with Gasteiger partial charge in [0.2, 0.25) is 0 Å². The summed E-state index contributed by atoms with van der Waals surface area (Å²) in [6, 6.07) is 9.66. The minimum atomic E-state index is -0.753. The van der Waals surface area contributed by atoms with Gasteiger partial charge in [-0.3, -0.25) is 4.99 Å². The van der Waals surface area contributed by atoms with E-state index >= 15 is 0 Å². The quantitative estimate of drug-likeness (QED) is 0.539. The highest BCUT2D eigenvalue weighted by atomic mass is 35.5. The van der Waals surface area contributed by atoms with Gasteiger partial charge in [-0.25, -0.2) is 9.37 Å². The van der Waals surface area contributed by atoms with Gasteiger partial charge in [-0.1, -0.05) is 23.7 Å². The van der Waals surface area contributed by atoms with Gasteiger partial charge in [-0.05, 0) is 36.2 Å². The number of aliphatic hydroxyl groups is 1. The number of hydrogen-bond acceptors (Lipinski definition) is 4. The fourth-order valence-electron chi connectivity index (χ4n) is 3.06. The highest BCUT2D eigenvalue weighted by Crippen LogP contribution is 2.25. The molecule has 0 amide bonds. The number of aliphatic imine (C=N–C) groups is 1. The average molecular weight is 392 g/mol. The Morgan fingerprint density at radius 2 is 2.19 bits per heavy atom. The van der Waals surface area contributed by atoms with Crippen LogP contribution in [-0.4, -0.2) is 48.8 Å². The van der Waals surface area contributed by atoms with E-state index in [9.17, 15) is 9.50 Å². The van der Waals surface area contributed by atoms with E-state index < -0.39 is 6.10 Å². The van der Waals surface area contributed by atoms with Crippen LogP contribution >= 0.6 is 11.6 Å². The van der Waals surface area contributed by atoms with Crippen molar-refractivity contribution in [2.75, 3.05) is 31.6 Å². The first-order valence-electron chi connectivity index (χ1n) is 8.83. The third-order valence-electron chi connectivity index (χ3n) is 4.51. The standard InChI is InChI=1S/C19H23ClFN5O/c1-22-19(24-11-17(27)13-4-6-14(21)7-5-13)25-15-8-10-26(12-15)18-16(20)3-2-9-23-18/h2-7,9,15,17,27H,8,10-12H2,1H3,(H2,22,24,25). The molecule has 0 radical (unpaired) electrons. The Hall–Kier alpha value is -2.38. The van der Waals surface area contributed by atoms with Crippen molar-refractivity contribution in [2.24, 2.45) is 4.99 Å². The summed E-state index contributed by atoms with van der Waals surface area (Å²) >= 11 is 6.23. The molecule has 1 fully saturated rings. The molecule has 3 N–H and O–H groups in total. The molecule has 27 heavy (non-hydrogen) atoms. The fourth-order valence-corrected chi connectivity index (χ4v) is 3.31. The predicted octanol–water partition coefficient (Wildman–Crippen LogP) is 2.35. The van der Waals surface area contributed by atoms with Crippen LogP contribution in [0, 0.1) is 5.82 Å². The van der Waals surface area contributed by atoms with Crippen LogP contribution in [0.25, 0.3) is 0 Å². The molecule has 0 spiro atoms. The van der Waals surface area contributed by atoms with E-state index in [2.05, 4.69) is 25.5 Å². The molecule has 144 valence electrons. The van der Waals surface area contributed by atoms with E-state index in [4.69, 9.17) is 11.6 Å². The Morgan fingerprint density at radius 3 is 2.89 bits per heavy atom. The summed E-state index contributed by atoms with van der Waals surface area (Å²) in [5, 5.41) is 17.3. The van der Waals surface area contributed by atoms with Gasteiger partial charge in [-0.2, -0.15) is 0 Å². The Balaban J connectivity index is 1.51. The number of pyridine rings is 1. The first-order valence-corrected chi connectivity index (χ1v) is 9.21. The maximum Gasteiger partial charge on any atom is 0.191 e. The zero-order chi connectivity index (χ0) is 19.2. The molecular weight excluding hydrogens is 369 g/mol. The van der Waals surface area contributed by atoms with Gasteiger partial charge < -0.3 is 20.6 Å². The maximum atomic E-state index is 13.0. The normalized spacial score (nSPS) is 18.4. The number of aliphatic hydroxyl groups excluding tert-OH is 1. The van der Waals surface area contributed by atoms with Gasteiger partial charge in [0.15, 0.2) is 5.96 Å². The van der Waals surface area contributed by atoms with Crippen LogP contribution in [0.15, 0.2) is 47.6 Å². The fraction of sp³-hybridized carbons (Fsp3) is 0.368. The summed E-state index contributed by atoms with van der Waals surface area (Å²) in [5.41, 5.74) is 0.649. The average Bonchev–Trinajstić information content (AvgIpc) is 3.14. The topological polar surface area (TPSA) is 72.8 Å². The van der Waals surface area contributed by atoms with Crippen LogP contribution in [0.4, 0.5) is 10.2 Å². The number of aromatic nitrogens is 1. The minimum Gasteiger partial charge on any atom is -0.387 e. The number of anilines is 1. The zero-order valence-electron chi connectivity index (χ0n) is 15.1. The Labute approximate surface area is 163 Å². The van der Waals surface area contributed by atoms with Crippen molar-refractivity contribution in [1.29, 1.82) is 0 Å². The maximum absolute atomic E-state index is 13.0.